The van der Waals surface area contributed by atoms with Crippen LogP contribution in [0.25, 0.3) is 0 Å². The SMILES string of the molecule is CCOC(=O)N1CCN(C(=O)c2ccc(C)c(NS(=O)(=O)c3ccccc3)c2)CC1. The highest BCUT2D eigenvalue weighted by molar-refractivity contribution is 7.92. The number of nitrogens with zero attached hydrogens (tertiary/aromatic N) is 2. The van der Waals surface area contributed by atoms with E-state index in [9.17, 15) is 18.0 Å². The Morgan fingerprint density at radius 2 is 1.63 bits per heavy atom. The number of ether oxygens (including phenoxy) is 1. The minimum absolute atomic E-state index is 0.149. The molecule has 2 aromatic carbocycles. The second kappa shape index (κ2) is 9.17. The number of carbonyl (C=O) groups excluding carboxylic acids is 2. The number of rotatable bonds is 5. The fraction of sp³-hybridized carbons (Fsp3) is 0.333. The van der Waals surface area contributed by atoms with E-state index >= 15 is 0 Å². The number of benzene rings is 2. The van der Waals surface area contributed by atoms with Gasteiger partial charge in [0.15, 0.2) is 0 Å². The van der Waals surface area contributed by atoms with Gasteiger partial charge < -0.3 is 14.5 Å². The monoisotopic (exact) mass is 431 g/mol. The normalized spacial score (nSPS) is 14.3. The largest absolute Gasteiger partial charge is 0.450 e. The van der Waals surface area contributed by atoms with E-state index in [1.165, 1.54) is 12.1 Å². The van der Waals surface area contributed by atoms with Gasteiger partial charge in [-0.15, -0.1) is 0 Å². The molecule has 0 bridgehead atoms. The van der Waals surface area contributed by atoms with Crippen LogP contribution >= 0.6 is 0 Å². The Kier molecular flexibility index (Phi) is 6.61. The summed E-state index contributed by atoms with van der Waals surface area (Å²) in [6, 6.07) is 13.0. The highest BCUT2D eigenvalue weighted by atomic mass is 32.2. The fourth-order valence-corrected chi connectivity index (χ4v) is 4.30. The summed E-state index contributed by atoms with van der Waals surface area (Å²) in [6.45, 7) is 5.39. The van der Waals surface area contributed by atoms with Crippen molar-refractivity contribution in [1.82, 2.24) is 9.80 Å². The van der Waals surface area contributed by atoms with Gasteiger partial charge in [0.05, 0.1) is 17.2 Å². The molecule has 160 valence electrons. The molecule has 0 atom stereocenters. The number of aryl methyl sites for hydroxylation is 1. The van der Waals surface area contributed by atoms with Crippen LogP contribution in [0.3, 0.4) is 0 Å². The van der Waals surface area contributed by atoms with Gasteiger partial charge in [0.25, 0.3) is 15.9 Å². The molecule has 1 saturated heterocycles. The Bertz CT molecular complexity index is 1020. The molecule has 2 amide bonds. The molecular weight excluding hydrogens is 406 g/mol. The predicted octanol–water partition coefficient (Wildman–Crippen LogP) is 2.71. The zero-order valence-corrected chi connectivity index (χ0v) is 17.8. The van der Waals surface area contributed by atoms with Crippen molar-refractivity contribution in [2.24, 2.45) is 0 Å². The molecule has 0 saturated carbocycles. The van der Waals surface area contributed by atoms with Crippen LogP contribution in [0.4, 0.5) is 10.5 Å². The van der Waals surface area contributed by atoms with Gasteiger partial charge in [-0.3, -0.25) is 9.52 Å². The first kappa shape index (κ1) is 21.6. The summed E-state index contributed by atoms with van der Waals surface area (Å²) in [5.74, 6) is -0.210. The van der Waals surface area contributed by atoms with Crippen molar-refractivity contribution in [3.8, 4) is 0 Å². The molecule has 1 aliphatic heterocycles. The molecule has 0 unspecified atom stereocenters. The zero-order chi connectivity index (χ0) is 21.7. The first-order valence-electron chi connectivity index (χ1n) is 9.71. The van der Waals surface area contributed by atoms with Crippen LogP contribution in [-0.2, 0) is 14.8 Å². The third-order valence-corrected chi connectivity index (χ3v) is 6.26. The lowest BCUT2D eigenvalue weighted by molar-refractivity contribution is 0.0570. The van der Waals surface area contributed by atoms with E-state index in [2.05, 4.69) is 4.72 Å². The predicted molar refractivity (Wildman–Crippen MR) is 113 cm³/mol. The van der Waals surface area contributed by atoms with Crippen LogP contribution < -0.4 is 4.72 Å². The maximum absolute atomic E-state index is 12.9. The Balaban J connectivity index is 1.72. The lowest BCUT2D eigenvalue weighted by Gasteiger charge is -2.34. The lowest BCUT2D eigenvalue weighted by atomic mass is 10.1. The molecular formula is C21H25N3O5S. The first-order valence-corrected chi connectivity index (χ1v) is 11.2. The summed E-state index contributed by atoms with van der Waals surface area (Å²) in [5, 5.41) is 0. The zero-order valence-electron chi connectivity index (χ0n) is 17.0. The van der Waals surface area contributed by atoms with E-state index < -0.39 is 10.0 Å². The second-order valence-corrected chi connectivity index (χ2v) is 8.61. The Hall–Kier alpha value is -3.07. The van der Waals surface area contributed by atoms with Crippen molar-refractivity contribution >= 4 is 27.7 Å². The summed E-state index contributed by atoms with van der Waals surface area (Å²) < 4.78 is 32.8. The minimum atomic E-state index is -3.76. The number of sulfonamides is 1. The van der Waals surface area contributed by atoms with Gasteiger partial charge >= 0.3 is 6.09 Å². The van der Waals surface area contributed by atoms with Gasteiger partial charge in [-0.1, -0.05) is 24.3 Å². The van der Waals surface area contributed by atoms with Crippen molar-refractivity contribution in [2.45, 2.75) is 18.7 Å². The molecule has 3 rings (SSSR count). The van der Waals surface area contributed by atoms with Gasteiger partial charge in [-0.2, -0.15) is 0 Å². The molecule has 9 heteroatoms. The minimum Gasteiger partial charge on any atom is -0.450 e. The smallest absolute Gasteiger partial charge is 0.409 e. The molecule has 0 radical (unpaired) electrons. The number of nitrogens with one attached hydrogen (secondary N) is 1. The van der Waals surface area contributed by atoms with Gasteiger partial charge in [-0.05, 0) is 43.7 Å². The number of hydrogen-bond donors (Lipinski definition) is 1. The Labute approximate surface area is 176 Å². The Morgan fingerprint density at radius 1 is 1.00 bits per heavy atom. The molecule has 0 aliphatic carbocycles. The van der Waals surface area contributed by atoms with Gasteiger partial charge in [-0.25, -0.2) is 13.2 Å². The number of anilines is 1. The third-order valence-electron chi connectivity index (χ3n) is 4.88. The lowest BCUT2D eigenvalue weighted by Crippen LogP contribution is -2.50. The average molecular weight is 432 g/mol. The molecule has 1 fully saturated rings. The number of amides is 2. The van der Waals surface area contributed by atoms with Crippen LogP contribution in [0.1, 0.15) is 22.8 Å². The molecule has 0 aromatic heterocycles. The average Bonchev–Trinajstić information content (AvgIpc) is 2.75. The van der Waals surface area contributed by atoms with Crippen LogP contribution in [0.2, 0.25) is 0 Å². The standard InChI is InChI=1S/C21H25N3O5S/c1-3-29-21(26)24-13-11-23(12-14-24)20(25)17-10-9-16(2)19(15-17)22-30(27,28)18-7-5-4-6-8-18/h4-10,15,22H,3,11-14H2,1-2H3. The van der Waals surface area contributed by atoms with E-state index in [0.717, 1.165) is 0 Å². The number of piperazine rings is 1. The molecule has 30 heavy (non-hydrogen) atoms. The van der Waals surface area contributed by atoms with E-state index in [1.54, 1.807) is 60.0 Å². The van der Waals surface area contributed by atoms with Gasteiger partial charge in [0.1, 0.15) is 0 Å². The summed E-state index contributed by atoms with van der Waals surface area (Å²) in [6.07, 6.45) is -0.377. The van der Waals surface area contributed by atoms with Crippen molar-refractivity contribution in [2.75, 3.05) is 37.5 Å². The molecule has 2 aromatic rings. The molecule has 8 nitrogen and oxygen atoms in total. The van der Waals surface area contributed by atoms with Crippen molar-refractivity contribution < 1.29 is 22.7 Å². The fourth-order valence-electron chi connectivity index (χ4n) is 3.16. The summed E-state index contributed by atoms with van der Waals surface area (Å²) >= 11 is 0. The first-order chi connectivity index (χ1) is 14.3. The van der Waals surface area contributed by atoms with E-state index in [1.807, 2.05) is 0 Å². The van der Waals surface area contributed by atoms with E-state index in [4.69, 9.17) is 4.74 Å². The topological polar surface area (TPSA) is 96.0 Å². The van der Waals surface area contributed by atoms with Gasteiger partial charge in [0, 0.05) is 31.7 Å². The third kappa shape index (κ3) is 4.91. The maximum atomic E-state index is 12.9. The van der Waals surface area contributed by atoms with Crippen LogP contribution in [0.5, 0.6) is 0 Å². The molecule has 1 aliphatic rings. The maximum Gasteiger partial charge on any atom is 0.409 e. The Morgan fingerprint density at radius 3 is 2.27 bits per heavy atom. The van der Waals surface area contributed by atoms with Crippen LogP contribution in [0, 0.1) is 6.92 Å². The summed E-state index contributed by atoms with van der Waals surface area (Å²) in [4.78, 5) is 28.1. The van der Waals surface area contributed by atoms with E-state index in [-0.39, 0.29) is 16.9 Å². The summed E-state index contributed by atoms with van der Waals surface area (Å²) in [5.41, 5.74) is 1.45. The van der Waals surface area contributed by atoms with Crippen molar-refractivity contribution in [1.29, 1.82) is 0 Å². The highest BCUT2D eigenvalue weighted by Crippen LogP contribution is 2.22. The molecule has 1 N–H and O–H groups in total. The number of carbonyl (C=O) groups is 2. The number of hydrogen-bond acceptors (Lipinski definition) is 5. The van der Waals surface area contributed by atoms with Crippen molar-refractivity contribution in [3.63, 3.8) is 0 Å². The van der Waals surface area contributed by atoms with Crippen LogP contribution in [0.15, 0.2) is 53.4 Å². The highest BCUT2D eigenvalue weighted by Gasteiger charge is 2.26. The molecule has 0 spiro atoms. The second-order valence-electron chi connectivity index (χ2n) is 6.93. The van der Waals surface area contributed by atoms with Crippen molar-refractivity contribution in [3.05, 3.63) is 59.7 Å². The summed E-state index contributed by atoms with van der Waals surface area (Å²) in [7, 11) is -3.76. The van der Waals surface area contributed by atoms with Crippen LogP contribution in [-0.4, -0.2) is 63.0 Å². The van der Waals surface area contributed by atoms with E-state index in [0.29, 0.717) is 49.6 Å². The molecule has 1 heterocycles. The quantitative estimate of drug-likeness (QED) is 0.785. The van der Waals surface area contributed by atoms with Gasteiger partial charge in [0.2, 0.25) is 0 Å².